The van der Waals surface area contributed by atoms with E-state index in [1.807, 2.05) is 32.9 Å². The number of hydrogen-bond donors (Lipinski definition) is 0. The first-order chi connectivity index (χ1) is 12.0. The first-order valence-electron chi connectivity index (χ1n) is 8.58. The Labute approximate surface area is 148 Å². The largest absolute Gasteiger partial charge is 0.472 e. The van der Waals surface area contributed by atoms with Crippen molar-refractivity contribution >= 4 is 21.5 Å². The molecule has 0 saturated heterocycles. The summed E-state index contributed by atoms with van der Waals surface area (Å²) < 4.78 is 5.98. The predicted octanol–water partition coefficient (Wildman–Crippen LogP) is 6.23. The van der Waals surface area contributed by atoms with Crippen molar-refractivity contribution in [2.24, 2.45) is 0 Å². The van der Waals surface area contributed by atoms with Crippen molar-refractivity contribution in [1.29, 1.82) is 0 Å². The minimum absolute atomic E-state index is 0.271. The van der Waals surface area contributed by atoms with Gasteiger partial charge in [-0.05, 0) is 54.4 Å². The van der Waals surface area contributed by atoms with Crippen LogP contribution in [0.15, 0.2) is 72.8 Å². The van der Waals surface area contributed by atoms with Gasteiger partial charge >= 0.3 is 0 Å². The Kier molecular flexibility index (Phi) is 3.69. The molecule has 0 radical (unpaired) electrons. The van der Waals surface area contributed by atoms with E-state index in [0.717, 1.165) is 11.3 Å². The molecule has 0 amide bonds. The Bertz CT molecular complexity index is 1010. The maximum absolute atomic E-state index is 5.98. The summed E-state index contributed by atoms with van der Waals surface area (Å²) in [5.41, 5.74) is 1.83. The highest BCUT2D eigenvalue weighted by atomic mass is 16.5. The highest BCUT2D eigenvalue weighted by Gasteiger charge is 2.15. The summed E-state index contributed by atoms with van der Waals surface area (Å²) in [7, 11) is 0. The van der Waals surface area contributed by atoms with Crippen molar-refractivity contribution in [2.45, 2.75) is 26.4 Å². The summed E-state index contributed by atoms with van der Waals surface area (Å²) in [5.74, 6) is 0.655. The highest BCUT2D eigenvalue weighted by Crippen LogP contribution is 2.36. The SMILES string of the molecule is CC(C)(C)Oc1cccc(-c2c3ccccc3cc3ccccc23)n1. The van der Waals surface area contributed by atoms with Crippen LogP contribution < -0.4 is 4.74 Å². The van der Waals surface area contributed by atoms with Gasteiger partial charge in [0.05, 0.1) is 5.69 Å². The van der Waals surface area contributed by atoms with Crippen molar-refractivity contribution in [3.05, 3.63) is 72.8 Å². The number of pyridine rings is 1. The predicted molar refractivity (Wildman–Crippen MR) is 105 cm³/mol. The summed E-state index contributed by atoms with van der Waals surface area (Å²) in [6, 6.07) is 25.2. The monoisotopic (exact) mass is 327 g/mol. The molecule has 0 spiro atoms. The van der Waals surface area contributed by atoms with Gasteiger partial charge in [0.15, 0.2) is 0 Å². The summed E-state index contributed by atoms with van der Waals surface area (Å²) in [5, 5.41) is 4.86. The molecule has 0 aliphatic rings. The zero-order chi connectivity index (χ0) is 17.4. The van der Waals surface area contributed by atoms with Gasteiger partial charge < -0.3 is 4.74 Å². The van der Waals surface area contributed by atoms with Crippen molar-refractivity contribution in [1.82, 2.24) is 4.98 Å². The zero-order valence-corrected chi connectivity index (χ0v) is 14.8. The lowest BCUT2D eigenvalue weighted by Gasteiger charge is -2.21. The minimum Gasteiger partial charge on any atom is -0.472 e. The normalized spacial score (nSPS) is 11.8. The van der Waals surface area contributed by atoms with Crippen LogP contribution in [0.25, 0.3) is 32.8 Å². The van der Waals surface area contributed by atoms with Crippen LogP contribution in [0.3, 0.4) is 0 Å². The molecular weight excluding hydrogens is 306 g/mol. The second-order valence-electron chi connectivity index (χ2n) is 7.27. The Morgan fingerprint density at radius 2 is 1.32 bits per heavy atom. The minimum atomic E-state index is -0.271. The van der Waals surface area contributed by atoms with E-state index in [9.17, 15) is 0 Å². The lowest BCUT2D eigenvalue weighted by atomic mass is 9.94. The average Bonchev–Trinajstić information content (AvgIpc) is 2.58. The third-order valence-corrected chi connectivity index (χ3v) is 4.16. The molecule has 1 aromatic heterocycles. The van der Waals surface area contributed by atoms with Crippen LogP contribution in [0, 0.1) is 0 Å². The molecule has 4 aromatic rings. The molecule has 0 unspecified atom stereocenters. The van der Waals surface area contributed by atoms with E-state index in [4.69, 9.17) is 9.72 Å². The van der Waals surface area contributed by atoms with Gasteiger partial charge in [0.2, 0.25) is 5.88 Å². The van der Waals surface area contributed by atoms with Crippen molar-refractivity contribution < 1.29 is 4.74 Å². The second kappa shape index (κ2) is 5.89. The molecule has 0 bridgehead atoms. The molecule has 3 aromatic carbocycles. The van der Waals surface area contributed by atoms with Crippen LogP contribution in [0.2, 0.25) is 0 Å². The topological polar surface area (TPSA) is 22.1 Å². The van der Waals surface area contributed by atoms with Crippen molar-refractivity contribution in [3.8, 4) is 17.1 Å². The number of aromatic nitrogens is 1. The van der Waals surface area contributed by atoms with Gasteiger partial charge in [0.1, 0.15) is 5.60 Å². The molecule has 0 aliphatic carbocycles. The highest BCUT2D eigenvalue weighted by molar-refractivity contribution is 6.12. The Balaban J connectivity index is 2.00. The maximum Gasteiger partial charge on any atom is 0.214 e. The summed E-state index contributed by atoms with van der Waals surface area (Å²) in [6.45, 7) is 6.11. The van der Waals surface area contributed by atoms with Crippen molar-refractivity contribution in [3.63, 3.8) is 0 Å². The standard InChI is InChI=1S/C23H21NO/c1-23(2,3)25-21-14-8-13-20(24-21)22-18-11-6-4-9-16(18)15-17-10-5-7-12-19(17)22/h4-15H,1-3H3. The third kappa shape index (κ3) is 3.08. The van der Waals surface area contributed by atoms with Crippen LogP contribution in [0.5, 0.6) is 5.88 Å². The average molecular weight is 327 g/mol. The Hall–Kier alpha value is -2.87. The second-order valence-corrected chi connectivity index (χ2v) is 7.27. The first kappa shape index (κ1) is 15.6. The van der Waals surface area contributed by atoms with Crippen LogP contribution in [-0.4, -0.2) is 10.6 Å². The molecular formula is C23H21NO. The molecule has 25 heavy (non-hydrogen) atoms. The third-order valence-electron chi connectivity index (χ3n) is 4.16. The van der Waals surface area contributed by atoms with E-state index in [1.165, 1.54) is 21.5 Å². The molecule has 0 saturated carbocycles. The van der Waals surface area contributed by atoms with E-state index in [-0.39, 0.29) is 5.60 Å². The summed E-state index contributed by atoms with van der Waals surface area (Å²) in [6.07, 6.45) is 0. The zero-order valence-electron chi connectivity index (χ0n) is 14.8. The van der Waals surface area contributed by atoms with E-state index >= 15 is 0 Å². The van der Waals surface area contributed by atoms with Gasteiger partial charge in [-0.15, -0.1) is 0 Å². The Morgan fingerprint density at radius 3 is 1.92 bits per heavy atom. The van der Waals surface area contributed by atoms with Gasteiger partial charge in [0, 0.05) is 11.6 Å². The molecule has 0 aliphatic heterocycles. The molecule has 124 valence electrons. The molecule has 2 nitrogen and oxygen atoms in total. The van der Waals surface area contributed by atoms with Gasteiger partial charge in [-0.25, -0.2) is 4.98 Å². The van der Waals surface area contributed by atoms with Crippen LogP contribution >= 0.6 is 0 Å². The molecule has 2 heteroatoms. The fourth-order valence-electron chi connectivity index (χ4n) is 3.21. The van der Waals surface area contributed by atoms with Gasteiger partial charge in [-0.1, -0.05) is 54.6 Å². The molecule has 0 fully saturated rings. The number of hydrogen-bond acceptors (Lipinski definition) is 2. The summed E-state index contributed by atoms with van der Waals surface area (Å²) in [4.78, 5) is 4.81. The van der Waals surface area contributed by atoms with Crippen LogP contribution in [-0.2, 0) is 0 Å². The van der Waals surface area contributed by atoms with Gasteiger partial charge in [-0.2, -0.15) is 0 Å². The molecule has 0 atom stereocenters. The van der Waals surface area contributed by atoms with E-state index < -0.39 is 0 Å². The van der Waals surface area contributed by atoms with E-state index in [1.54, 1.807) is 0 Å². The Morgan fingerprint density at radius 1 is 0.720 bits per heavy atom. The molecule has 4 rings (SSSR count). The lowest BCUT2D eigenvalue weighted by molar-refractivity contribution is 0.124. The first-order valence-corrected chi connectivity index (χ1v) is 8.58. The van der Waals surface area contributed by atoms with Crippen molar-refractivity contribution in [2.75, 3.05) is 0 Å². The fraction of sp³-hybridized carbons (Fsp3) is 0.174. The van der Waals surface area contributed by atoms with Gasteiger partial charge in [-0.3, -0.25) is 0 Å². The van der Waals surface area contributed by atoms with E-state index in [2.05, 4.69) is 60.7 Å². The number of benzene rings is 3. The number of ether oxygens (including phenoxy) is 1. The maximum atomic E-state index is 5.98. The lowest BCUT2D eigenvalue weighted by Crippen LogP contribution is -2.23. The fourth-order valence-corrected chi connectivity index (χ4v) is 3.21. The quantitative estimate of drug-likeness (QED) is 0.407. The number of rotatable bonds is 2. The van der Waals surface area contributed by atoms with Crippen LogP contribution in [0.1, 0.15) is 20.8 Å². The van der Waals surface area contributed by atoms with E-state index in [0.29, 0.717) is 5.88 Å². The smallest absolute Gasteiger partial charge is 0.214 e. The summed E-state index contributed by atoms with van der Waals surface area (Å²) >= 11 is 0. The molecule has 0 N–H and O–H groups in total. The van der Waals surface area contributed by atoms with Crippen LogP contribution in [0.4, 0.5) is 0 Å². The van der Waals surface area contributed by atoms with Gasteiger partial charge in [0.25, 0.3) is 0 Å². The number of fused-ring (bicyclic) bond motifs is 2. The number of nitrogens with zero attached hydrogens (tertiary/aromatic N) is 1. The molecule has 1 heterocycles.